The third kappa shape index (κ3) is 4.67. The van der Waals surface area contributed by atoms with Gasteiger partial charge in [-0.05, 0) is 36.2 Å². The average Bonchev–Trinajstić information content (AvgIpc) is 3.54. The Morgan fingerprint density at radius 2 is 1.97 bits per heavy atom. The molecule has 1 unspecified atom stereocenters. The van der Waals surface area contributed by atoms with E-state index in [-0.39, 0.29) is 28.9 Å². The summed E-state index contributed by atoms with van der Waals surface area (Å²) >= 11 is 6.19. The minimum atomic E-state index is -0.562. The maximum absolute atomic E-state index is 14.7. The highest BCUT2D eigenvalue weighted by atomic mass is 35.5. The highest BCUT2D eigenvalue weighted by molar-refractivity contribution is 6.31. The van der Waals surface area contributed by atoms with E-state index >= 15 is 0 Å². The Balaban J connectivity index is 1.36. The van der Waals surface area contributed by atoms with Crippen molar-refractivity contribution in [1.29, 1.82) is 0 Å². The van der Waals surface area contributed by atoms with Gasteiger partial charge in [-0.1, -0.05) is 35.9 Å². The summed E-state index contributed by atoms with van der Waals surface area (Å²) in [7, 11) is 1.39. The predicted molar refractivity (Wildman–Crippen MR) is 134 cm³/mol. The van der Waals surface area contributed by atoms with E-state index in [1.54, 1.807) is 23.1 Å². The van der Waals surface area contributed by atoms with E-state index in [0.29, 0.717) is 23.4 Å². The predicted octanol–water partition coefficient (Wildman–Crippen LogP) is 4.80. The van der Waals surface area contributed by atoms with Crippen molar-refractivity contribution >= 4 is 28.5 Å². The van der Waals surface area contributed by atoms with Crippen LogP contribution >= 0.6 is 11.6 Å². The van der Waals surface area contributed by atoms with Crippen LogP contribution in [0.15, 0.2) is 61.1 Å². The number of benzene rings is 2. The number of aromatic nitrogens is 6. The van der Waals surface area contributed by atoms with E-state index in [1.807, 2.05) is 29.1 Å². The maximum Gasteiger partial charge on any atom is 0.318 e. The summed E-state index contributed by atoms with van der Waals surface area (Å²) in [5.74, 6) is -0.164. The molecule has 0 radical (unpaired) electrons. The number of nitrogens with one attached hydrogen (secondary N) is 1. The Kier molecular flexibility index (Phi) is 6.43. The third-order valence-corrected chi connectivity index (χ3v) is 6.30. The van der Waals surface area contributed by atoms with Gasteiger partial charge in [-0.15, -0.1) is 0 Å². The first-order valence-electron chi connectivity index (χ1n) is 11.2. The van der Waals surface area contributed by atoms with Crippen LogP contribution in [0, 0.1) is 5.82 Å². The van der Waals surface area contributed by atoms with Gasteiger partial charge >= 0.3 is 6.01 Å². The Bertz CT molecular complexity index is 1500. The molecule has 36 heavy (non-hydrogen) atoms. The van der Waals surface area contributed by atoms with Crippen LogP contribution in [-0.4, -0.2) is 41.7 Å². The van der Waals surface area contributed by atoms with Crippen molar-refractivity contribution in [2.24, 2.45) is 0 Å². The lowest BCUT2D eigenvalue weighted by Crippen LogP contribution is -2.07. The summed E-state index contributed by atoms with van der Waals surface area (Å²) in [6.45, 7) is 2.60. The molecule has 2 N–H and O–H groups in total. The third-order valence-electron chi connectivity index (χ3n) is 5.95. The van der Waals surface area contributed by atoms with Gasteiger partial charge in [0.1, 0.15) is 5.82 Å². The maximum atomic E-state index is 14.7. The van der Waals surface area contributed by atoms with Crippen molar-refractivity contribution in [2.75, 3.05) is 12.4 Å². The summed E-state index contributed by atoms with van der Waals surface area (Å²) in [5, 5.41) is 22.7. The number of fused-ring (bicyclic) bond motifs is 1. The molecule has 0 amide bonds. The SMILES string of the molecule is COc1ccc(Cl)c(CNc2nc(O)nc3nn(Cc4ccc(C(C)n5cccn5)cc4)cc23)c1F. The minimum absolute atomic E-state index is 0.0223. The molecule has 0 saturated heterocycles. The molecule has 0 fully saturated rings. The first-order chi connectivity index (χ1) is 17.4. The molecule has 0 aliphatic heterocycles. The van der Waals surface area contributed by atoms with E-state index in [9.17, 15) is 9.50 Å². The van der Waals surface area contributed by atoms with Crippen LogP contribution in [0.3, 0.4) is 0 Å². The van der Waals surface area contributed by atoms with Crippen LogP contribution in [0.25, 0.3) is 11.0 Å². The molecule has 11 heteroatoms. The number of methoxy groups -OCH3 is 1. The number of anilines is 1. The molecule has 184 valence electrons. The van der Waals surface area contributed by atoms with Gasteiger partial charge in [0.15, 0.2) is 17.2 Å². The number of aromatic hydroxyl groups is 1. The number of rotatable bonds is 8. The number of nitrogens with zero attached hydrogens (tertiary/aromatic N) is 6. The molecular weight excluding hydrogens is 485 g/mol. The largest absolute Gasteiger partial charge is 0.494 e. The van der Waals surface area contributed by atoms with Gasteiger partial charge in [0, 0.05) is 35.7 Å². The molecule has 9 nitrogen and oxygen atoms in total. The standard InChI is InChI=1S/C25H23ClFN7O2/c1-15(34-11-3-10-29-34)17-6-4-16(5-7-17)13-33-14-19-23(30-25(35)31-24(19)32-33)28-12-18-20(26)8-9-21(36-2)22(18)27/h3-11,14-15H,12-13H2,1-2H3,(H2,28,30,31,32,35). The quantitative estimate of drug-likeness (QED) is 0.311. The lowest BCUT2D eigenvalue weighted by atomic mass is 10.1. The van der Waals surface area contributed by atoms with Gasteiger partial charge in [-0.3, -0.25) is 9.36 Å². The summed E-state index contributed by atoms with van der Waals surface area (Å²) in [6.07, 6.45) is 5.48. The second kappa shape index (κ2) is 9.82. The average molecular weight is 508 g/mol. The van der Waals surface area contributed by atoms with Gasteiger partial charge in [0.05, 0.1) is 25.1 Å². The molecule has 0 aliphatic carbocycles. The lowest BCUT2D eigenvalue weighted by Gasteiger charge is -2.13. The molecule has 0 saturated carbocycles. The van der Waals surface area contributed by atoms with Gasteiger partial charge < -0.3 is 15.2 Å². The monoisotopic (exact) mass is 507 g/mol. The minimum Gasteiger partial charge on any atom is -0.494 e. The van der Waals surface area contributed by atoms with Crippen molar-refractivity contribution in [2.45, 2.75) is 26.1 Å². The molecular formula is C25H23ClFN7O2. The molecule has 5 rings (SSSR count). The molecule has 0 spiro atoms. The lowest BCUT2D eigenvalue weighted by molar-refractivity contribution is 0.384. The highest BCUT2D eigenvalue weighted by Crippen LogP contribution is 2.29. The first-order valence-corrected chi connectivity index (χ1v) is 11.6. The molecule has 3 aromatic heterocycles. The van der Waals surface area contributed by atoms with Crippen molar-refractivity contribution in [3.05, 3.63) is 88.6 Å². The molecule has 1 atom stereocenters. The number of hydrogen-bond acceptors (Lipinski definition) is 7. The van der Waals surface area contributed by atoms with Crippen molar-refractivity contribution in [1.82, 2.24) is 29.5 Å². The molecule has 5 aromatic rings. The fourth-order valence-electron chi connectivity index (χ4n) is 3.98. The smallest absolute Gasteiger partial charge is 0.318 e. The fourth-order valence-corrected chi connectivity index (χ4v) is 4.19. The zero-order chi connectivity index (χ0) is 25.2. The number of ether oxygens (including phenoxy) is 1. The molecule has 3 heterocycles. The Labute approximate surface area is 211 Å². The number of halogens is 2. The van der Waals surface area contributed by atoms with Crippen molar-refractivity contribution in [3.63, 3.8) is 0 Å². The second-order valence-corrected chi connectivity index (χ2v) is 8.64. The van der Waals surface area contributed by atoms with Crippen LogP contribution in [0.1, 0.15) is 29.7 Å². The van der Waals surface area contributed by atoms with Crippen LogP contribution in [0.4, 0.5) is 10.2 Å². The Morgan fingerprint density at radius 1 is 1.17 bits per heavy atom. The van der Waals surface area contributed by atoms with E-state index in [4.69, 9.17) is 16.3 Å². The van der Waals surface area contributed by atoms with E-state index in [0.717, 1.165) is 11.1 Å². The van der Waals surface area contributed by atoms with Gasteiger partial charge in [-0.2, -0.15) is 20.2 Å². The summed E-state index contributed by atoms with van der Waals surface area (Å²) in [4.78, 5) is 8.09. The van der Waals surface area contributed by atoms with E-state index in [2.05, 4.69) is 44.5 Å². The summed E-state index contributed by atoms with van der Waals surface area (Å²) in [6, 6.07) is 12.8. The van der Waals surface area contributed by atoms with Crippen molar-refractivity contribution in [3.8, 4) is 11.8 Å². The van der Waals surface area contributed by atoms with Crippen LogP contribution < -0.4 is 10.1 Å². The Morgan fingerprint density at radius 3 is 2.69 bits per heavy atom. The van der Waals surface area contributed by atoms with E-state index in [1.165, 1.54) is 13.2 Å². The van der Waals surface area contributed by atoms with E-state index < -0.39 is 11.8 Å². The topological polar surface area (TPSA) is 103 Å². The normalized spacial score (nSPS) is 12.1. The van der Waals surface area contributed by atoms with Crippen molar-refractivity contribution < 1.29 is 14.2 Å². The highest BCUT2D eigenvalue weighted by Gasteiger charge is 2.16. The summed E-state index contributed by atoms with van der Waals surface area (Å²) < 4.78 is 23.3. The fraction of sp³-hybridized carbons (Fsp3) is 0.200. The van der Waals surface area contributed by atoms with Crippen LogP contribution in [0.2, 0.25) is 5.02 Å². The first kappa shape index (κ1) is 23.6. The van der Waals surface area contributed by atoms with Crippen LogP contribution in [0.5, 0.6) is 11.8 Å². The van der Waals surface area contributed by atoms with Gasteiger partial charge in [-0.25, -0.2) is 4.39 Å². The molecule has 0 bridgehead atoms. The molecule has 0 aliphatic rings. The van der Waals surface area contributed by atoms with Crippen LogP contribution in [-0.2, 0) is 13.1 Å². The second-order valence-electron chi connectivity index (χ2n) is 8.24. The summed E-state index contributed by atoms with van der Waals surface area (Å²) in [5.41, 5.74) is 2.71. The van der Waals surface area contributed by atoms with Gasteiger partial charge in [0.2, 0.25) is 0 Å². The Hall–Kier alpha value is -4.18. The number of hydrogen-bond donors (Lipinski definition) is 2. The van der Waals surface area contributed by atoms with Gasteiger partial charge in [0.25, 0.3) is 0 Å². The molecule has 2 aromatic carbocycles. The zero-order valence-electron chi connectivity index (χ0n) is 19.6. The zero-order valence-corrected chi connectivity index (χ0v) is 20.3.